The molecule has 1 saturated carbocycles. The van der Waals surface area contributed by atoms with E-state index in [2.05, 4.69) is 15.9 Å². The SMILES string of the molecule is CCCN1C(=O)C2CC=C3C(CC4(Cl)C(=O)N(CBr)C(=O)C4(Cl)C3c3cc(OC)c(O)c(OC)c3)C2C1=O. The van der Waals surface area contributed by atoms with Crippen LogP contribution in [0.2, 0.25) is 0 Å². The highest BCUT2D eigenvalue weighted by Crippen LogP contribution is 2.66. The van der Waals surface area contributed by atoms with Gasteiger partial charge in [-0.3, -0.25) is 29.0 Å². The average Bonchev–Trinajstić information content (AvgIpc) is 3.22. The molecule has 1 N–H and O–H groups in total. The van der Waals surface area contributed by atoms with E-state index in [9.17, 15) is 24.3 Å². The van der Waals surface area contributed by atoms with Gasteiger partial charge in [0.1, 0.15) is 0 Å². The Morgan fingerprint density at radius 2 is 1.66 bits per heavy atom. The fourth-order valence-electron chi connectivity index (χ4n) is 6.72. The molecule has 1 aromatic carbocycles. The Morgan fingerprint density at radius 3 is 2.21 bits per heavy atom. The van der Waals surface area contributed by atoms with Crippen molar-refractivity contribution in [1.29, 1.82) is 0 Å². The first-order chi connectivity index (χ1) is 18.0. The molecule has 204 valence electrons. The highest BCUT2D eigenvalue weighted by Gasteiger charge is 2.76. The molecule has 2 saturated heterocycles. The number of allylic oxidation sites excluding steroid dienone is 2. The minimum atomic E-state index is -1.95. The van der Waals surface area contributed by atoms with Crippen LogP contribution in [0.1, 0.15) is 37.7 Å². The van der Waals surface area contributed by atoms with Crippen molar-refractivity contribution in [3.63, 3.8) is 0 Å². The number of carbonyl (C=O) groups is 4. The van der Waals surface area contributed by atoms with E-state index in [-0.39, 0.29) is 47.4 Å². The molecule has 0 aromatic heterocycles. The van der Waals surface area contributed by atoms with Gasteiger partial charge >= 0.3 is 0 Å². The quantitative estimate of drug-likeness (QED) is 0.222. The molecular weight excluding hydrogens is 603 g/mol. The lowest BCUT2D eigenvalue weighted by molar-refractivity contribution is -0.141. The van der Waals surface area contributed by atoms with Crippen molar-refractivity contribution >= 4 is 62.8 Å². The average molecular weight is 630 g/mol. The number of alkyl halides is 3. The number of nitrogens with zero attached hydrogens (tertiary/aromatic N) is 2. The van der Waals surface area contributed by atoms with Crippen LogP contribution in [0, 0.1) is 17.8 Å². The Labute approximate surface area is 238 Å². The van der Waals surface area contributed by atoms with Gasteiger partial charge in [-0.15, -0.1) is 23.2 Å². The molecule has 5 rings (SSSR count). The number of phenols is 1. The van der Waals surface area contributed by atoms with Crippen molar-refractivity contribution in [3.8, 4) is 17.2 Å². The molecule has 0 radical (unpaired) electrons. The Morgan fingerprint density at radius 1 is 1.03 bits per heavy atom. The molecule has 3 fully saturated rings. The van der Waals surface area contributed by atoms with E-state index >= 15 is 0 Å². The highest BCUT2D eigenvalue weighted by atomic mass is 79.9. The molecule has 12 heteroatoms. The Kier molecular flexibility index (Phi) is 6.76. The summed E-state index contributed by atoms with van der Waals surface area (Å²) < 4.78 is 10.7. The van der Waals surface area contributed by atoms with Crippen LogP contribution in [0.5, 0.6) is 17.2 Å². The van der Waals surface area contributed by atoms with Gasteiger partial charge in [0.15, 0.2) is 21.2 Å². The molecule has 38 heavy (non-hydrogen) atoms. The van der Waals surface area contributed by atoms with E-state index in [4.69, 9.17) is 32.7 Å². The van der Waals surface area contributed by atoms with Gasteiger partial charge in [-0.25, -0.2) is 0 Å². The number of methoxy groups -OCH3 is 2. The normalized spacial score (nSPS) is 34.2. The number of hydrogen-bond acceptors (Lipinski definition) is 7. The first kappa shape index (κ1) is 27.3. The third-order valence-electron chi connectivity index (χ3n) is 8.39. The van der Waals surface area contributed by atoms with Crippen LogP contribution >= 0.6 is 39.1 Å². The van der Waals surface area contributed by atoms with Crippen molar-refractivity contribution in [2.45, 2.75) is 41.9 Å². The van der Waals surface area contributed by atoms with Crippen molar-refractivity contribution in [2.24, 2.45) is 17.8 Å². The lowest BCUT2D eigenvalue weighted by Crippen LogP contribution is -2.60. The molecule has 2 aliphatic carbocycles. The molecule has 9 nitrogen and oxygen atoms in total. The summed E-state index contributed by atoms with van der Waals surface area (Å²) in [6.45, 7) is 2.20. The summed E-state index contributed by atoms with van der Waals surface area (Å²) in [6.07, 6.45) is 2.69. The maximum Gasteiger partial charge on any atom is 0.254 e. The smallest absolute Gasteiger partial charge is 0.254 e. The molecule has 0 spiro atoms. The fourth-order valence-corrected chi connectivity index (χ4v) is 8.14. The number of rotatable bonds is 6. The van der Waals surface area contributed by atoms with E-state index in [1.165, 1.54) is 31.3 Å². The topological polar surface area (TPSA) is 113 Å². The zero-order chi connectivity index (χ0) is 27.7. The van der Waals surface area contributed by atoms with Gasteiger partial charge in [-0.05, 0) is 42.9 Å². The number of phenolic OH excluding ortho intramolecular Hbond substituents is 1. The van der Waals surface area contributed by atoms with E-state index in [1.807, 2.05) is 13.0 Å². The first-order valence-electron chi connectivity index (χ1n) is 12.3. The number of likely N-dealkylation sites (tertiary alicyclic amines) is 2. The van der Waals surface area contributed by atoms with Gasteiger partial charge < -0.3 is 14.6 Å². The van der Waals surface area contributed by atoms with Gasteiger partial charge in [0.25, 0.3) is 11.8 Å². The number of halogens is 3. The van der Waals surface area contributed by atoms with Crippen LogP contribution in [0.25, 0.3) is 0 Å². The minimum absolute atomic E-state index is 0.0755. The fraction of sp³-hybridized carbons (Fsp3) is 0.538. The summed E-state index contributed by atoms with van der Waals surface area (Å²) >= 11 is 17.6. The maximum absolute atomic E-state index is 13.8. The Bertz CT molecular complexity index is 1260. The van der Waals surface area contributed by atoms with E-state index in [0.717, 1.165) is 4.90 Å². The predicted octanol–water partition coefficient (Wildman–Crippen LogP) is 3.53. The van der Waals surface area contributed by atoms with Crippen LogP contribution in [-0.4, -0.2) is 74.5 Å². The number of carbonyl (C=O) groups excluding carboxylic acids is 4. The van der Waals surface area contributed by atoms with Crippen LogP contribution in [-0.2, 0) is 19.2 Å². The van der Waals surface area contributed by atoms with Gasteiger partial charge in [-0.1, -0.05) is 34.5 Å². The van der Waals surface area contributed by atoms with Gasteiger partial charge in [0, 0.05) is 12.5 Å². The van der Waals surface area contributed by atoms with Gasteiger partial charge in [0.2, 0.25) is 17.6 Å². The summed E-state index contributed by atoms with van der Waals surface area (Å²) in [5.74, 6) is -4.85. The van der Waals surface area contributed by atoms with Crippen molar-refractivity contribution < 1.29 is 33.8 Å². The molecule has 1 aromatic rings. The zero-order valence-corrected chi connectivity index (χ0v) is 24.1. The number of imide groups is 2. The van der Waals surface area contributed by atoms with Crippen LogP contribution in [0.15, 0.2) is 23.8 Å². The maximum atomic E-state index is 13.8. The summed E-state index contributed by atoms with van der Waals surface area (Å²) in [4.78, 5) is 52.7. The molecule has 0 bridgehead atoms. The monoisotopic (exact) mass is 628 g/mol. The number of hydrogen-bond donors (Lipinski definition) is 1. The summed E-state index contributed by atoms with van der Waals surface area (Å²) in [6, 6.07) is 3.05. The van der Waals surface area contributed by atoms with Crippen LogP contribution in [0.3, 0.4) is 0 Å². The summed E-state index contributed by atoms with van der Waals surface area (Å²) in [5.41, 5.74) is 0.968. The lowest BCUT2D eigenvalue weighted by atomic mass is 9.56. The second-order valence-corrected chi connectivity index (χ2v) is 11.8. The first-order valence-corrected chi connectivity index (χ1v) is 14.2. The van der Waals surface area contributed by atoms with Crippen molar-refractivity contribution in [1.82, 2.24) is 9.80 Å². The number of aromatic hydroxyl groups is 1. The molecule has 2 aliphatic heterocycles. The van der Waals surface area contributed by atoms with E-state index in [0.29, 0.717) is 24.1 Å². The molecule has 2 heterocycles. The molecular formula is C26H27BrCl2N2O7. The molecule has 4 amide bonds. The predicted molar refractivity (Wildman–Crippen MR) is 142 cm³/mol. The van der Waals surface area contributed by atoms with E-state index < -0.39 is 45.2 Å². The van der Waals surface area contributed by atoms with Crippen molar-refractivity contribution in [2.75, 3.05) is 26.2 Å². The molecule has 6 unspecified atom stereocenters. The van der Waals surface area contributed by atoms with Gasteiger partial charge in [-0.2, -0.15) is 0 Å². The molecule has 4 aliphatic rings. The second kappa shape index (κ2) is 9.41. The van der Waals surface area contributed by atoms with Crippen molar-refractivity contribution in [3.05, 3.63) is 29.3 Å². The van der Waals surface area contributed by atoms with E-state index in [1.54, 1.807) is 0 Å². The standard InChI is InChI=1S/C26H27BrCl2N2O7/c1-4-7-30-21(33)14-6-5-13-15(18(14)22(30)34)10-25(28)23(35)31(11-27)24(36)26(25,29)19(13)12-8-16(37-2)20(32)17(9-12)38-3/h5,8-9,14-15,18-19,32H,4,6-7,10-11H2,1-3H3. The van der Waals surface area contributed by atoms with Gasteiger partial charge in [0.05, 0.1) is 31.5 Å². The largest absolute Gasteiger partial charge is 0.502 e. The lowest BCUT2D eigenvalue weighted by Gasteiger charge is -2.50. The number of amides is 4. The van der Waals surface area contributed by atoms with Crippen LogP contribution in [0.4, 0.5) is 0 Å². The van der Waals surface area contributed by atoms with Crippen LogP contribution < -0.4 is 9.47 Å². The third kappa shape index (κ3) is 3.35. The Hall–Kier alpha value is -2.30. The minimum Gasteiger partial charge on any atom is -0.502 e. The number of fused-ring (bicyclic) bond motifs is 4. The number of benzene rings is 1. The number of ether oxygens (including phenoxy) is 2. The zero-order valence-electron chi connectivity index (χ0n) is 21.0. The highest BCUT2D eigenvalue weighted by molar-refractivity contribution is 9.09. The third-order valence-corrected chi connectivity index (χ3v) is 10.3. The second-order valence-electron chi connectivity index (χ2n) is 10.1. The molecule has 6 atom stereocenters. The summed E-state index contributed by atoms with van der Waals surface area (Å²) in [5, 5.41) is 10.5. The Balaban J connectivity index is 1.75. The summed E-state index contributed by atoms with van der Waals surface area (Å²) in [7, 11) is 2.74.